The van der Waals surface area contributed by atoms with Crippen molar-refractivity contribution in [3.8, 4) is 0 Å². The molecule has 0 saturated heterocycles. The van der Waals surface area contributed by atoms with Crippen LogP contribution < -0.4 is 5.32 Å². The zero-order valence-corrected chi connectivity index (χ0v) is 13.2. The molecule has 2 nitrogen and oxygen atoms in total. The third-order valence-corrected chi connectivity index (χ3v) is 5.24. The fourth-order valence-electron chi connectivity index (χ4n) is 3.88. The Hall–Kier alpha value is -1.41. The lowest BCUT2D eigenvalue weighted by Crippen LogP contribution is -2.28. The third kappa shape index (κ3) is 3.11. The summed E-state index contributed by atoms with van der Waals surface area (Å²) in [6.45, 7) is 2.33. The molecule has 0 radical (unpaired) electrons. The first-order valence-corrected chi connectivity index (χ1v) is 8.33. The molecule has 1 atom stereocenters. The number of aromatic nitrogens is 1. The summed E-state index contributed by atoms with van der Waals surface area (Å²) < 4.78 is 0. The molecule has 0 amide bonds. The van der Waals surface area contributed by atoms with Crippen molar-refractivity contribution in [3.63, 3.8) is 0 Å². The zero-order chi connectivity index (χ0) is 14.7. The monoisotopic (exact) mass is 282 g/mol. The molecule has 0 aliphatic heterocycles. The lowest BCUT2D eigenvalue weighted by molar-refractivity contribution is 0.224. The maximum atomic E-state index is 4.50. The highest BCUT2D eigenvalue weighted by molar-refractivity contribution is 5.79. The molecule has 1 aromatic carbocycles. The molecule has 2 aromatic rings. The highest BCUT2D eigenvalue weighted by Gasteiger charge is 2.27. The van der Waals surface area contributed by atoms with Gasteiger partial charge in [0.1, 0.15) is 0 Å². The SMILES string of the molecule is CCC1CCC(C(NC)c2ccc3cccnc3c2)CC1. The van der Waals surface area contributed by atoms with Crippen LogP contribution in [-0.2, 0) is 0 Å². The van der Waals surface area contributed by atoms with Crippen LogP contribution in [0.1, 0.15) is 50.6 Å². The van der Waals surface area contributed by atoms with Gasteiger partial charge in [-0.05, 0) is 49.4 Å². The minimum atomic E-state index is 0.467. The molecule has 112 valence electrons. The zero-order valence-electron chi connectivity index (χ0n) is 13.2. The van der Waals surface area contributed by atoms with Crippen molar-refractivity contribution in [2.75, 3.05) is 7.05 Å². The number of nitrogens with one attached hydrogen (secondary N) is 1. The number of nitrogens with zero attached hydrogens (tertiary/aromatic N) is 1. The molecule has 1 saturated carbocycles. The van der Waals surface area contributed by atoms with E-state index < -0.39 is 0 Å². The summed E-state index contributed by atoms with van der Waals surface area (Å²) in [5.74, 6) is 1.72. The minimum Gasteiger partial charge on any atom is -0.313 e. The van der Waals surface area contributed by atoms with Crippen molar-refractivity contribution in [1.29, 1.82) is 0 Å². The van der Waals surface area contributed by atoms with E-state index in [1.807, 2.05) is 12.3 Å². The second-order valence-corrected chi connectivity index (χ2v) is 6.41. The Labute approximate surface area is 128 Å². The normalized spacial score (nSPS) is 24.1. The molecule has 0 spiro atoms. The average molecular weight is 282 g/mol. The van der Waals surface area contributed by atoms with Crippen LogP contribution in [0.5, 0.6) is 0 Å². The summed E-state index contributed by atoms with van der Waals surface area (Å²) in [5, 5.41) is 4.79. The van der Waals surface area contributed by atoms with Gasteiger partial charge in [-0.2, -0.15) is 0 Å². The van der Waals surface area contributed by atoms with Gasteiger partial charge in [-0.25, -0.2) is 0 Å². The van der Waals surface area contributed by atoms with Gasteiger partial charge in [-0.1, -0.05) is 44.4 Å². The summed E-state index contributed by atoms with van der Waals surface area (Å²) in [6.07, 6.45) is 8.72. The topological polar surface area (TPSA) is 24.9 Å². The lowest BCUT2D eigenvalue weighted by atomic mass is 9.76. The molecule has 1 aromatic heterocycles. The highest BCUT2D eigenvalue weighted by atomic mass is 14.9. The van der Waals surface area contributed by atoms with Crippen LogP contribution in [-0.4, -0.2) is 12.0 Å². The largest absolute Gasteiger partial charge is 0.313 e. The first kappa shape index (κ1) is 14.5. The van der Waals surface area contributed by atoms with E-state index in [9.17, 15) is 0 Å². The Kier molecular flexibility index (Phi) is 4.54. The number of benzene rings is 1. The second-order valence-electron chi connectivity index (χ2n) is 6.41. The van der Waals surface area contributed by atoms with E-state index in [1.54, 1.807) is 0 Å². The molecule has 0 bridgehead atoms. The number of hydrogen-bond donors (Lipinski definition) is 1. The molecule has 1 fully saturated rings. The first-order chi connectivity index (χ1) is 10.3. The van der Waals surface area contributed by atoms with Gasteiger partial charge < -0.3 is 5.32 Å². The first-order valence-electron chi connectivity index (χ1n) is 8.33. The van der Waals surface area contributed by atoms with Gasteiger partial charge in [0, 0.05) is 17.6 Å². The molecular weight excluding hydrogens is 256 g/mol. The van der Waals surface area contributed by atoms with Crippen molar-refractivity contribution >= 4 is 10.9 Å². The number of hydrogen-bond acceptors (Lipinski definition) is 2. The number of fused-ring (bicyclic) bond motifs is 1. The smallest absolute Gasteiger partial charge is 0.0705 e. The summed E-state index contributed by atoms with van der Waals surface area (Å²) in [6, 6.07) is 11.4. The fourth-order valence-corrected chi connectivity index (χ4v) is 3.88. The van der Waals surface area contributed by atoms with Gasteiger partial charge in [0.05, 0.1) is 5.52 Å². The van der Waals surface area contributed by atoms with Gasteiger partial charge >= 0.3 is 0 Å². The number of pyridine rings is 1. The molecule has 3 rings (SSSR count). The van der Waals surface area contributed by atoms with E-state index >= 15 is 0 Å². The fraction of sp³-hybridized carbons (Fsp3) is 0.526. The van der Waals surface area contributed by atoms with E-state index in [-0.39, 0.29) is 0 Å². The summed E-state index contributed by atoms with van der Waals surface area (Å²) >= 11 is 0. The quantitative estimate of drug-likeness (QED) is 0.878. The van der Waals surface area contributed by atoms with E-state index in [0.29, 0.717) is 6.04 Å². The van der Waals surface area contributed by atoms with Gasteiger partial charge in [-0.3, -0.25) is 4.98 Å². The van der Waals surface area contributed by atoms with Gasteiger partial charge in [0.15, 0.2) is 0 Å². The van der Waals surface area contributed by atoms with Crippen LogP contribution in [0.4, 0.5) is 0 Å². The van der Waals surface area contributed by atoms with Gasteiger partial charge in [0.2, 0.25) is 0 Å². The predicted molar refractivity (Wildman–Crippen MR) is 89.3 cm³/mol. The molecule has 1 unspecified atom stereocenters. The predicted octanol–water partition coefficient (Wildman–Crippen LogP) is 4.71. The van der Waals surface area contributed by atoms with Crippen molar-refractivity contribution in [2.45, 2.75) is 45.1 Å². The van der Waals surface area contributed by atoms with E-state index in [2.05, 4.69) is 48.5 Å². The molecule has 1 aliphatic carbocycles. The van der Waals surface area contributed by atoms with Gasteiger partial charge in [0.25, 0.3) is 0 Å². The summed E-state index contributed by atoms with van der Waals surface area (Å²) in [5.41, 5.74) is 2.50. The maximum absolute atomic E-state index is 4.50. The van der Waals surface area contributed by atoms with Crippen molar-refractivity contribution < 1.29 is 0 Å². The minimum absolute atomic E-state index is 0.467. The third-order valence-electron chi connectivity index (χ3n) is 5.24. The molecule has 1 heterocycles. The van der Waals surface area contributed by atoms with Crippen LogP contribution in [0.3, 0.4) is 0 Å². The Bertz CT molecular complexity index is 585. The highest BCUT2D eigenvalue weighted by Crippen LogP contribution is 2.38. The van der Waals surface area contributed by atoms with Crippen LogP contribution in [0, 0.1) is 11.8 Å². The standard InChI is InChI=1S/C19H26N2/c1-3-14-6-8-16(9-7-14)19(20-2)17-11-10-15-5-4-12-21-18(15)13-17/h4-5,10-14,16,19-20H,3,6-9H2,1-2H3. The summed E-state index contributed by atoms with van der Waals surface area (Å²) in [4.78, 5) is 4.50. The van der Waals surface area contributed by atoms with Gasteiger partial charge in [-0.15, -0.1) is 0 Å². The van der Waals surface area contributed by atoms with E-state index in [1.165, 1.54) is 43.1 Å². The molecule has 2 heteroatoms. The molecule has 1 aliphatic rings. The Morgan fingerprint density at radius 3 is 2.71 bits per heavy atom. The van der Waals surface area contributed by atoms with Crippen LogP contribution in [0.25, 0.3) is 10.9 Å². The van der Waals surface area contributed by atoms with Crippen LogP contribution >= 0.6 is 0 Å². The lowest BCUT2D eigenvalue weighted by Gasteiger charge is -2.33. The average Bonchev–Trinajstić information content (AvgIpc) is 2.56. The Balaban J connectivity index is 1.81. The van der Waals surface area contributed by atoms with Crippen LogP contribution in [0.15, 0.2) is 36.5 Å². The van der Waals surface area contributed by atoms with E-state index in [0.717, 1.165) is 17.4 Å². The van der Waals surface area contributed by atoms with E-state index in [4.69, 9.17) is 0 Å². The van der Waals surface area contributed by atoms with Crippen molar-refractivity contribution in [1.82, 2.24) is 10.3 Å². The second kappa shape index (κ2) is 6.57. The maximum Gasteiger partial charge on any atom is 0.0705 e. The Morgan fingerprint density at radius 1 is 1.19 bits per heavy atom. The van der Waals surface area contributed by atoms with Crippen molar-refractivity contribution in [3.05, 3.63) is 42.1 Å². The van der Waals surface area contributed by atoms with Crippen molar-refractivity contribution in [2.24, 2.45) is 11.8 Å². The molecule has 1 N–H and O–H groups in total. The Morgan fingerprint density at radius 2 is 2.00 bits per heavy atom. The molecular formula is C19H26N2. The number of rotatable bonds is 4. The van der Waals surface area contributed by atoms with Crippen LogP contribution in [0.2, 0.25) is 0 Å². The summed E-state index contributed by atoms with van der Waals surface area (Å²) in [7, 11) is 2.10. The molecule has 21 heavy (non-hydrogen) atoms.